The highest BCUT2D eigenvalue weighted by molar-refractivity contribution is 7.99. The first kappa shape index (κ1) is 23.3. The van der Waals surface area contributed by atoms with Gasteiger partial charge in [-0.05, 0) is 55.3 Å². The molecule has 9 heteroatoms. The van der Waals surface area contributed by atoms with Gasteiger partial charge in [0.05, 0.1) is 18.4 Å². The number of hydrogen-bond donors (Lipinski definition) is 1. The van der Waals surface area contributed by atoms with Gasteiger partial charge in [-0.2, -0.15) is 0 Å². The first-order valence-electron chi connectivity index (χ1n) is 10.2. The summed E-state index contributed by atoms with van der Waals surface area (Å²) in [7, 11) is 3.17. The van der Waals surface area contributed by atoms with E-state index in [9.17, 15) is 9.59 Å². The Bertz CT molecular complexity index is 1060. The molecule has 1 aromatic heterocycles. The molecule has 0 fully saturated rings. The molecule has 0 bridgehead atoms. The number of anilines is 1. The average Bonchev–Trinajstić information content (AvgIpc) is 3.18. The molecule has 0 spiro atoms. The lowest BCUT2D eigenvalue weighted by atomic mass is 10.2. The third-order valence-electron chi connectivity index (χ3n) is 4.80. The van der Waals surface area contributed by atoms with Crippen molar-refractivity contribution in [1.29, 1.82) is 0 Å². The Morgan fingerprint density at radius 3 is 2.41 bits per heavy atom. The molecule has 0 saturated heterocycles. The molecule has 1 N–H and O–H groups in total. The number of nitrogens with one attached hydrogen (secondary N) is 1. The highest BCUT2D eigenvalue weighted by atomic mass is 32.2. The van der Waals surface area contributed by atoms with Crippen molar-refractivity contribution in [2.75, 3.05) is 18.2 Å². The predicted molar refractivity (Wildman–Crippen MR) is 123 cm³/mol. The molecule has 32 heavy (non-hydrogen) atoms. The Kier molecular flexibility index (Phi) is 7.88. The number of esters is 1. The van der Waals surface area contributed by atoms with Crippen molar-refractivity contribution in [3.8, 4) is 5.75 Å². The fraction of sp³-hybridized carbons (Fsp3) is 0.304. The molecule has 1 heterocycles. The van der Waals surface area contributed by atoms with Crippen LogP contribution in [0.15, 0.2) is 53.7 Å². The molecule has 1 amide bonds. The number of hydrogen-bond acceptors (Lipinski definition) is 7. The van der Waals surface area contributed by atoms with E-state index in [4.69, 9.17) is 4.74 Å². The van der Waals surface area contributed by atoms with Gasteiger partial charge in [0.2, 0.25) is 5.91 Å². The van der Waals surface area contributed by atoms with Crippen LogP contribution in [0.25, 0.3) is 0 Å². The summed E-state index contributed by atoms with van der Waals surface area (Å²) in [6.07, 6.45) is 0.683. The number of ether oxygens (including phenoxy) is 2. The van der Waals surface area contributed by atoms with Gasteiger partial charge >= 0.3 is 5.97 Å². The summed E-state index contributed by atoms with van der Waals surface area (Å²) in [6, 6.07) is 14.5. The highest BCUT2D eigenvalue weighted by Gasteiger charge is 2.18. The molecule has 0 aliphatic rings. The summed E-state index contributed by atoms with van der Waals surface area (Å²) in [5, 5.41) is 11.8. The van der Waals surface area contributed by atoms with Crippen LogP contribution < -0.4 is 10.1 Å². The first-order valence-corrected chi connectivity index (χ1v) is 11.2. The second-order valence-electron chi connectivity index (χ2n) is 7.06. The normalized spacial score (nSPS) is 11.6. The summed E-state index contributed by atoms with van der Waals surface area (Å²) in [5.41, 5.74) is 2.27. The van der Waals surface area contributed by atoms with E-state index in [0.29, 0.717) is 22.2 Å². The number of carbonyl (C=O) groups is 2. The fourth-order valence-electron chi connectivity index (χ4n) is 3.00. The predicted octanol–water partition coefficient (Wildman–Crippen LogP) is 4.03. The van der Waals surface area contributed by atoms with E-state index < -0.39 is 5.97 Å². The van der Waals surface area contributed by atoms with E-state index in [-0.39, 0.29) is 17.8 Å². The lowest BCUT2D eigenvalue weighted by Crippen LogP contribution is -2.15. The summed E-state index contributed by atoms with van der Waals surface area (Å²) in [4.78, 5) is 23.8. The molecule has 2 aromatic carbocycles. The van der Waals surface area contributed by atoms with Crippen LogP contribution in [0.1, 0.15) is 41.7 Å². The van der Waals surface area contributed by atoms with Gasteiger partial charge in [0, 0.05) is 12.7 Å². The number of nitrogens with zero attached hydrogens (tertiary/aromatic N) is 3. The number of thioether (sulfide) groups is 1. The molecular weight excluding hydrogens is 428 g/mol. The van der Waals surface area contributed by atoms with Crippen LogP contribution in [-0.2, 0) is 23.0 Å². The Morgan fingerprint density at radius 1 is 1.09 bits per heavy atom. The van der Waals surface area contributed by atoms with Crippen molar-refractivity contribution in [1.82, 2.24) is 14.8 Å². The molecule has 0 aliphatic heterocycles. The summed E-state index contributed by atoms with van der Waals surface area (Å²) >= 11 is 1.28. The number of methoxy groups -OCH3 is 1. The molecule has 1 atom stereocenters. The molecular formula is C23H26N4O4S. The Labute approximate surface area is 191 Å². The molecule has 0 saturated carbocycles. The molecule has 3 rings (SSSR count). The molecule has 0 aliphatic carbocycles. The topological polar surface area (TPSA) is 95.3 Å². The van der Waals surface area contributed by atoms with Gasteiger partial charge in [0.15, 0.2) is 17.1 Å². The number of amides is 1. The van der Waals surface area contributed by atoms with Gasteiger partial charge in [-0.3, -0.25) is 4.79 Å². The number of aryl methyl sites for hydroxylation is 1. The second kappa shape index (κ2) is 10.8. The van der Waals surface area contributed by atoms with E-state index >= 15 is 0 Å². The maximum atomic E-state index is 12.3. The van der Waals surface area contributed by atoms with Crippen molar-refractivity contribution in [2.45, 2.75) is 31.5 Å². The zero-order valence-corrected chi connectivity index (χ0v) is 19.3. The van der Waals surface area contributed by atoms with Crippen LogP contribution in [-0.4, -0.2) is 39.5 Å². The maximum Gasteiger partial charge on any atom is 0.337 e. The SMILES string of the molecule is CCc1ccc(OC(C)c2nnc(SCC(=O)Nc3ccc(C(=O)OC)cc3)n2C)cc1. The summed E-state index contributed by atoms with van der Waals surface area (Å²) in [6.45, 7) is 4.02. The zero-order chi connectivity index (χ0) is 23.1. The molecule has 3 aromatic rings. The third kappa shape index (κ3) is 5.88. The minimum atomic E-state index is -0.423. The van der Waals surface area contributed by atoms with Crippen LogP contribution in [0.2, 0.25) is 0 Å². The van der Waals surface area contributed by atoms with Gasteiger partial charge < -0.3 is 19.4 Å². The number of aromatic nitrogens is 3. The summed E-state index contributed by atoms with van der Waals surface area (Å²) < 4.78 is 12.5. The molecule has 8 nitrogen and oxygen atoms in total. The van der Waals surface area contributed by atoms with Gasteiger partial charge in [0.1, 0.15) is 5.75 Å². The lowest BCUT2D eigenvalue weighted by Gasteiger charge is -2.14. The largest absolute Gasteiger partial charge is 0.483 e. The average molecular weight is 455 g/mol. The second-order valence-corrected chi connectivity index (χ2v) is 8.01. The Hall–Kier alpha value is -3.33. The van der Waals surface area contributed by atoms with Crippen LogP contribution >= 0.6 is 11.8 Å². The molecule has 0 radical (unpaired) electrons. The molecule has 1 unspecified atom stereocenters. The number of rotatable bonds is 9. The van der Waals surface area contributed by atoms with Gasteiger partial charge in [-0.1, -0.05) is 30.8 Å². The van der Waals surface area contributed by atoms with Crippen LogP contribution in [0.3, 0.4) is 0 Å². The third-order valence-corrected chi connectivity index (χ3v) is 5.82. The zero-order valence-electron chi connectivity index (χ0n) is 18.5. The summed E-state index contributed by atoms with van der Waals surface area (Å²) in [5.74, 6) is 0.993. The number of carbonyl (C=O) groups excluding carboxylic acids is 2. The van der Waals surface area contributed by atoms with Gasteiger partial charge in [0.25, 0.3) is 0 Å². The van der Waals surface area contributed by atoms with Crippen molar-refractivity contribution < 1.29 is 19.1 Å². The van der Waals surface area contributed by atoms with E-state index in [0.717, 1.165) is 12.2 Å². The van der Waals surface area contributed by atoms with E-state index in [2.05, 4.69) is 27.2 Å². The van der Waals surface area contributed by atoms with Gasteiger partial charge in [-0.25, -0.2) is 4.79 Å². The van der Waals surface area contributed by atoms with Crippen molar-refractivity contribution in [3.63, 3.8) is 0 Å². The minimum Gasteiger partial charge on any atom is -0.483 e. The molecule has 168 valence electrons. The van der Waals surface area contributed by atoms with Crippen LogP contribution in [0, 0.1) is 0 Å². The monoisotopic (exact) mass is 454 g/mol. The van der Waals surface area contributed by atoms with Gasteiger partial charge in [-0.15, -0.1) is 10.2 Å². The van der Waals surface area contributed by atoms with E-state index in [1.54, 1.807) is 24.3 Å². The van der Waals surface area contributed by atoms with Crippen molar-refractivity contribution in [2.24, 2.45) is 7.05 Å². The Balaban J connectivity index is 1.54. The Morgan fingerprint density at radius 2 is 1.78 bits per heavy atom. The fourth-order valence-corrected chi connectivity index (χ4v) is 3.72. The first-order chi connectivity index (χ1) is 15.4. The standard InChI is InChI=1S/C23H26N4O4S/c1-5-16-6-12-19(13-7-16)31-15(2)21-25-26-23(27(21)3)32-14-20(28)24-18-10-8-17(9-11-18)22(29)30-4/h6-13,15H,5,14H2,1-4H3,(H,24,28). The lowest BCUT2D eigenvalue weighted by molar-refractivity contribution is -0.113. The quantitative estimate of drug-likeness (QED) is 0.385. The smallest absolute Gasteiger partial charge is 0.337 e. The highest BCUT2D eigenvalue weighted by Crippen LogP contribution is 2.24. The maximum absolute atomic E-state index is 12.3. The van der Waals surface area contributed by atoms with Crippen LogP contribution in [0.4, 0.5) is 5.69 Å². The van der Waals surface area contributed by atoms with Crippen molar-refractivity contribution in [3.05, 3.63) is 65.5 Å². The van der Waals surface area contributed by atoms with Crippen molar-refractivity contribution >= 4 is 29.3 Å². The minimum absolute atomic E-state index is 0.165. The van der Waals surface area contributed by atoms with E-state index in [1.165, 1.54) is 24.4 Å². The number of benzene rings is 2. The van der Waals surface area contributed by atoms with Crippen LogP contribution in [0.5, 0.6) is 5.75 Å². The van der Waals surface area contributed by atoms with E-state index in [1.807, 2.05) is 42.8 Å².